The van der Waals surface area contributed by atoms with Crippen LogP contribution in [0.2, 0.25) is 0 Å². The van der Waals surface area contributed by atoms with Gasteiger partial charge in [-0.25, -0.2) is 0 Å². The zero-order valence-electron chi connectivity index (χ0n) is 77.1. The number of pyridine rings is 4. The molecule has 17 rings (SSSR count). The molecular weight excluding hydrogens is 1880 g/mol. The van der Waals surface area contributed by atoms with Crippen molar-refractivity contribution in [2.45, 2.75) is 50.1 Å². The van der Waals surface area contributed by atoms with E-state index in [1.807, 2.05) is 249 Å². The number of carbonyl (C=O) groups excluding carboxylic acids is 6. The quantitative estimate of drug-likeness (QED) is 0.0169. The van der Waals surface area contributed by atoms with E-state index in [2.05, 4.69) is 40.9 Å². The van der Waals surface area contributed by atoms with Gasteiger partial charge in [-0.3, -0.25) is 62.4 Å². The molecule has 0 spiro atoms. The number of ether oxygens (including phenoxy) is 3. The molecule has 6 atom stereocenters. The highest BCUT2D eigenvalue weighted by atomic mass is 32.2. The monoisotopic (exact) mass is 1970 g/mol. The van der Waals surface area contributed by atoms with E-state index in [-0.39, 0.29) is 36.2 Å². The number of H-pyrrole nitrogens is 1. The molecule has 0 fully saturated rings. The fraction of sp³-hybridized carbons (Fsp3) is 0.155. The molecule has 9 aromatic heterocycles. The van der Waals surface area contributed by atoms with Crippen molar-refractivity contribution in [1.29, 1.82) is 0 Å². The second-order valence-electron chi connectivity index (χ2n) is 31.7. The number of nitrogens with one attached hydrogen (secondary N) is 4. The highest BCUT2D eigenvalue weighted by Gasteiger charge is 2.40. The number of hydrogen-bond donors (Lipinski definition) is 4. The Labute approximate surface area is 813 Å². The van der Waals surface area contributed by atoms with Crippen molar-refractivity contribution in [3.63, 3.8) is 0 Å². The summed E-state index contributed by atoms with van der Waals surface area (Å²) >= 11 is 4.20. The van der Waals surface area contributed by atoms with Gasteiger partial charge in [0, 0.05) is 133 Å². The summed E-state index contributed by atoms with van der Waals surface area (Å²) in [5.74, 6) is -3.31. The second-order valence-corrected chi connectivity index (χ2v) is 41.6. The normalized spacial score (nSPS) is 13.4. The number of carbonyl (C=O) groups is 6. The average Bonchev–Trinajstić information content (AvgIpc) is 1.61. The number of nitrogens with zero attached hydrogens (tertiary/aromatic N) is 11. The summed E-state index contributed by atoms with van der Waals surface area (Å²) in [5, 5.41) is 26.4. The lowest BCUT2D eigenvalue weighted by Gasteiger charge is -2.23. The smallest absolute Gasteiger partial charge is 0.364 e. The highest BCUT2D eigenvalue weighted by Crippen LogP contribution is 2.57. The molecule has 0 aliphatic carbocycles. The minimum absolute atomic E-state index is 0.165. The van der Waals surface area contributed by atoms with E-state index in [1.54, 1.807) is 115 Å². The van der Waals surface area contributed by atoms with Gasteiger partial charge in [0.15, 0.2) is 0 Å². The Hall–Kier alpha value is -15.0. The summed E-state index contributed by atoms with van der Waals surface area (Å²) in [7, 11) is -1.27. The maximum Gasteiger partial charge on any atom is 0.364 e. The van der Waals surface area contributed by atoms with Gasteiger partial charge in [0.05, 0.1) is 130 Å². The summed E-state index contributed by atoms with van der Waals surface area (Å²) < 4.78 is 85.7. The van der Waals surface area contributed by atoms with Crippen LogP contribution in [0.15, 0.2) is 315 Å². The lowest BCUT2D eigenvalue weighted by Crippen LogP contribution is -2.21. The number of aryl methyl sites for hydroxylation is 1. The molecule has 9 heterocycles. The van der Waals surface area contributed by atoms with Gasteiger partial charge in [0.2, 0.25) is 0 Å². The fourth-order valence-electron chi connectivity index (χ4n) is 15.1. The topological polar surface area (TPSA) is 371 Å². The molecule has 0 radical (unpaired) electrons. The van der Waals surface area contributed by atoms with Gasteiger partial charge >= 0.3 is 40.5 Å². The molecule has 706 valence electrons. The molecule has 0 saturated heterocycles. The summed E-state index contributed by atoms with van der Waals surface area (Å²) in [6.45, 7) is 4.95. The SMILES string of the molecule is CNC(=O)c1ccccc1Sc1ccc2c(/C=C/c3ccccn3)nn(P(=O)(C[C@@H](C)C(=O)OC)Oc3ccc4[nH]ccc4c3)c2c1.CNC(=O)c1ccccc1Sc1ccc2c(/C=C/c3ccccn3)nn(P(=O)(C[C@@H](C)C(=O)OC)Oc3cccc4c3ccn4C)c2c1.CNC(=O)c1ccccc1Sc1ccc2c(/C=C/c3ccccn3)nn(P(=O)(C[C@@H](C)C(=O)OC)Oc3ccncc3)c2c1. The van der Waals surface area contributed by atoms with Crippen LogP contribution in [0.25, 0.3) is 91.0 Å². The molecule has 8 aromatic carbocycles. The summed E-state index contributed by atoms with van der Waals surface area (Å²) in [6, 6.07) is 73.8. The zero-order chi connectivity index (χ0) is 97.9. The molecule has 4 N–H and O–H groups in total. The number of hydrogen-bond acceptors (Lipinski definition) is 25. The second kappa shape index (κ2) is 44.9. The van der Waals surface area contributed by atoms with Gasteiger partial charge < -0.3 is 53.3 Å². The molecule has 17 aromatic rings. The molecule has 3 unspecified atom stereocenters. The predicted octanol–water partition coefficient (Wildman–Crippen LogP) is 21.5. The first kappa shape index (κ1) is 98.5. The largest absolute Gasteiger partial charge is 0.469 e. The minimum atomic E-state index is -3.99. The third kappa shape index (κ3) is 23.3. The number of aromatic nitrogens is 12. The molecule has 0 bridgehead atoms. The molecular formula is C103H96N15O15P3S3. The van der Waals surface area contributed by atoms with E-state index in [0.717, 1.165) is 79.0 Å². The van der Waals surface area contributed by atoms with E-state index in [0.29, 0.717) is 73.0 Å². The minimum Gasteiger partial charge on any atom is -0.469 e. The number of fused-ring (bicyclic) bond motifs is 5. The van der Waals surface area contributed by atoms with Crippen molar-refractivity contribution < 1.29 is 70.2 Å². The standard InChI is InChI=1S/C36H34N5O5PS.C35H32N5O5PS.C32H30N5O5PS/c1-24(36(43)45-4)23-47(44,46-33-13-9-12-31-28(33)19-21-40(31)3)41-32-22-26(48-34-14-6-5-11-29(34)35(42)37-2)16-17-27(32)30(39-41)18-15-25-10-7-8-20-38-25;1-23(35(42)44-3)22-46(43,45-26-12-16-30-24(20-26)17-19-38-30)40-32-21-27(47-33-10-5-4-9-29(33)34(41)36-2)13-14-28(32)31(39-40)15-11-25-8-6-7-18-37-25;1-22(32(39)41-3)21-43(40,42-24-15-18-34-19-16-24)37-29-20-25(44-30-10-5-4-9-27(30)31(38)33-2)12-13-26(29)28(36-37)14-11-23-8-6-7-17-35-23/h5-22,24H,23H2,1-4H3,(H,37,42);4-21,23,38H,22H2,1-3H3,(H,36,41);4-20,22H,21H2,1-3H3,(H,33,38)/b18-15+;15-11+;14-11+/t24-,47?;23-,46?;22-,43?/m111/s1. The van der Waals surface area contributed by atoms with Crippen LogP contribution in [0.4, 0.5) is 0 Å². The third-order valence-electron chi connectivity index (χ3n) is 22.0. The Morgan fingerprint density at radius 2 is 0.770 bits per heavy atom. The molecule has 3 amide bonds. The number of rotatable bonds is 33. The molecule has 30 nitrogen and oxygen atoms in total. The van der Waals surface area contributed by atoms with E-state index >= 15 is 9.13 Å². The Balaban J connectivity index is 0.000000158. The van der Waals surface area contributed by atoms with E-state index < -0.39 is 58.2 Å². The summed E-state index contributed by atoms with van der Waals surface area (Å²) in [6.07, 6.45) is 22.3. The Bertz CT molecular complexity index is 7650. The number of amides is 3. The fourth-order valence-corrected chi connectivity index (χ4v) is 25.1. The van der Waals surface area contributed by atoms with E-state index in [9.17, 15) is 33.3 Å². The van der Waals surface area contributed by atoms with Gasteiger partial charge in [-0.05, 0) is 218 Å². The summed E-state index contributed by atoms with van der Waals surface area (Å²) in [4.78, 5) is 100. The average molecular weight is 1970 g/mol. The number of benzene rings is 8. The zero-order valence-corrected chi connectivity index (χ0v) is 82.2. The molecule has 0 saturated carbocycles. The lowest BCUT2D eigenvalue weighted by atomic mass is 10.2. The summed E-state index contributed by atoms with van der Waals surface area (Å²) in [5.41, 5.74) is 8.83. The molecule has 0 aliphatic heterocycles. The predicted molar refractivity (Wildman–Crippen MR) is 545 cm³/mol. The van der Waals surface area contributed by atoms with Gasteiger partial charge in [0.1, 0.15) is 17.2 Å². The Morgan fingerprint density at radius 1 is 0.388 bits per heavy atom. The van der Waals surface area contributed by atoms with Crippen LogP contribution in [0.1, 0.15) is 86.0 Å². The van der Waals surface area contributed by atoms with Crippen LogP contribution in [-0.4, -0.2) is 155 Å². The highest BCUT2D eigenvalue weighted by molar-refractivity contribution is 8.00. The maximum absolute atomic E-state index is 15.4. The van der Waals surface area contributed by atoms with Gasteiger partial charge in [0.25, 0.3) is 17.7 Å². The number of methoxy groups -OCH3 is 3. The van der Waals surface area contributed by atoms with Crippen molar-refractivity contribution in [1.82, 2.24) is 74.1 Å². The van der Waals surface area contributed by atoms with Crippen LogP contribution in [0, 0.1) is 17.8 Å². The van der Waals surface area contributed by atoms with Crippen LogP contribution in [-0.2, 0) is 49.3 Å². The lowest BCUT2D eigenvalue weighted by molar-refractivity contribution is -0.144. The van der Waals surface area contributed by atoms with Crippen LogP contribution >= 0.6 is 57.8 Å². The van der Waals surface area contributed by atoms with Crippen molar-refractivity contribution in [2.75, 3.05) is 61.0 Å². The Kier molecular flexibility index (Phi) is 31.8. The van der Waals surface area contributed by atoms with Gasteiger partial charge in [-0.15, -0.1) is 0 Å². The van der Waals surface area contributed by atoms with Crippen molar-refractivity contribution >= 4 is 184 Å². The number of esters is 3. The number of aromatic amines is 1. The molecule has 36 heteroatoms. The van der Waals surface area contributed by atoms with Gasteiger partial charge in [-0.1, -0.05) is 117 Å². The van der Waals surface area contributed by atoms with Crippen LogP contribution < -0.4 is 29.5 Å². The third-order valence-corrected chi connectivity index (χ3v) is 32.4. The van der Waals surface area contributed by atoms with Crippen molar-refractivity contribution in [3.05, 3.63) is 337 Å². The first-order chi connectivity index (χ1) is 67.3. The van der Waals surface area contributed by atoms with Gasteiger partial charge in [-0.2, -0.15) is 28.7 Å². The maximum atomic E-state index is 15.4. The first-order valence-corrected chi connectivity index (χ1v) is 51.5. The van der Waals surface area contributed by atoms with Crippen LogP contribution in [0.3, 0.4) is 0 Å². The van der Waals surface area contributed by atoms with Crippen molar-refractivity contribution in [3.8, 4) is 17.2 Å². The van der Waals surface area contributed by atoms with Crippen molar-refractivity contribution in [2.24, 2.45) is 24.8 Å². The van der Waals surface area contributed by atoms with Crippen LogP contribution in [0.5, 0.6) is 17.2 Å². The molecule has 139 heavy (non-hydrogen) atoms. The molecule has 0 aliphatic rings. The first-order valence-electron chi connectivity index (χ1n) is 43.8. The Morgan fingerprint density at radius 3 is 1.15 bits per heavy atom. The van der Waals surface area contributed by atoms with E-state index in [1.165, 1.54) is 82.4 Å². The van der Waals surface area contributed by atoms with E-state index in [4.69, 9.17) is 43.1 Å².